The van der Waals surface area contributed by atoms with Crippen molar-refractivity contribution in [2.75, 3.05) is 13.2 Å². The number of hydrogen-bond acceptors (Lipinski definition) is 2. The third kappa shape index (κ3) is 8.45. The molecule has 0 amide bonds. The van der Waals surface area contributed by atoms with Gasteiger partial charge in [-0.3, -0.25) is 0 Å². The minimum absolute atomic E-state index is 0.0510. The van der Waals surface area contributed by atoms with E-state index in [-0.39, 0.29) is 11.6 Å². The van der Waals surface area contributed by atoms with Crippen LogP contribution in [0, 0.1) is 5.92 Å². The highest BCUT2D eigenvalue weighted by atomic mass is 35.5. The van der Waals surface area contributed by atoms with E-state index in [9.17, 15) is 0 Å². The fourth-order valence-corrected chi connectivity index (χ4v) is 2.29. The highest BCUT2D eigenvalue weighted by Crippen LogP contribution is 2.22. The third-order valence-corrected chi connectivity index (χ3v) is 3.52. The molecule has 1 aromatic rings. The van der Waals surface area contributed by atoms with Gasteiger partial charge in [-0.05, 0) is 57.2 Å². The molecule has 0 fully saturated rings. The fraction of sp³-hybridized carbons (Fsp3) is 0.667. The van der Waals surface area contributed by atoms with E-state index in [1.54, 1.807) is 0 Å². The largest absolute Gasteiger partial charge is 0.372 e. The molecule has 120 valence electrons. The van der Waals surface area contributed by atoms with E-state index in [0.29, 0.717) is 0 Å². The van der Waals surface area contributed by atoms with Crippen LogP contribution < -0.4 is 5.32 Å². The Morgan fingerprint density at radius 3 is 2.52 bits per heavy atom. The van der Waals surface area contributed by atoms with Gasteiger partial charge in [0.1, 0.15) is 0 Å². The summed E-state index contributed by atoms with van der Waals surface area (Å²) in [6.45, 7) is 12.6. The second-order valence-corrected chi connectivity index (χ2v) is 7.52. The lowest BCUT2D eigenvalue weighted by atomic mass is 10.1. The Kier molecular flexibility index (Phi) is 7.72. The molecule has 0 radical (unpaired) electrons. The quantitative estimate of drug-likeness (QED) is 0.664. The minimum Gasteiger partial charge on any atom is -0.372 e. The topological polar surface area (TPSA) is 21.3 Å². The average molecular weight is 312 g/mol. The zero-order chi connectivity index (χ0) is 15.9. The molecule has 2 nitrogen and oxygen atoms in total. The molecule has 0 bridgehead atoms. The molecule has 0 saturated heterocycles. The maximum Gasteiger partial charge on any atom is 0.0949 e. The lowest BCUT2D eigenvalue weighted by Gasteiger charge is -2.26. The molecule has 1 unspecified atom stereocenters. The highest BCUT2D eigenvalue weighted by Gasteiger charge is 2.16. The van der Waals surface area contributed by atoms with Gasteiger partial charge in [-0.15, -0.1) is 0 Å². The first kappa shape index (κ1) is 18.5. The first-order chi connectivity index (χ1) is 9.78. The van der Waals surface area contributed by atoms with Crippen LogP contribution in [0.5, 0.6) is 0 Å². The van der Waals surface area contributed by atoms with Crippen molar-refractivity contribution in [1.82, 2.24) is 5.32 Å². The second kappa shape index (κ2) is 8.77. The molecule has 3 heteroatoms. The van der Waals surface area contributed by atoms with Crippen LogP contribution in [0.4, 0.5) is 0 Å². The van der Waals surface area contributed by atoms with Gasteiger partial charge in [-0.2, -0.15) is 0 Å². The van der Waals surface area contributed by atoms with Crippen LogP contribution in [-0.2, 0) is 4.74 Å². The van der Waals surface area contributed by atoms with Crippen molar-refractivity contribution in [2.45, 2.75) is 59.1 Å². The molecule has 1 aromatic carbocycles. The Balaban J connectivity index is 2.61. The van der Waals surface area contributed by atoms with Gasteiger partial charge in [0.25, 0.3) is 0 Å². The molecule has 0 spiro atoms. The van der Waals surface area contributed by atoms with E-state index in [0.717, 1.165) is 36.1 Å². The zero-order valence-corrected chi connectivity index (χ0v) is 14.8. The first-order valence-corrected chi connectivity index (χ1v) is 8.28. The van der Waals surface area contributed by atoms with Crippen LogP contribution in [0.25, 0.3) is 0 Å². The molecule has 1 N–H and O–H groups in total. The summed E-state index contributed by atoms with van der Waals surface area (Å²) in [6, 6.07) is 7.97. The van der Waals surface area contributed by atoms with Crippen molar-refractivity contribution in [1.29, 1.82) is 0 Å². The van der Waals surface area contributed by atoms with Gasteiger partial charge in [0.2, 0.25) is 0 Å². The van der Waals surface area contributed by atoms with Gasteiger partial charge in [0.15, 0.2) is 0 Å². The summed E-state index contributed by atoms with van der Waals surface area (Å²) in [5, 5.41) is 4.28. The Bertz CT molecular complexity index is 412. The summed E-state index contributed by atoms with van der Waals surface area (Å²) in [4.78, 5) is 0. The minimum atomic E-state index is 0.0510. The molecular weight excluding hydrogens is 282 g/mol. The number of hydrogen-bond donors (Lipinski definition) is 1. The lowest BCUT2D eigenvalue weighted by molar-refractivity contribution is 0.0446. The third-order valence-electron chi connectivity index (χ3n) is 3.28. The Morgan fingerprint density at radius 2 is 1.95 bits per heavy atom. The molecule has 0 aliphatic rings. The Hall–Kier alpha value is -0.570. The van der Waals surface area contributed by atoms with Crippen LogP contribution in [0.2, 0.25) is 5.02 Å². The summed E-state index contributed by atoms with van der Waals surface area (Å²) >= 11 is 6.11. The van der Waals surface area contributed by atoms with E-state index < -0.39 is 0 Å². The fourth-order valence-electron chi connectivity index (χ4n) is 2.10. The normalized spacial score (nSPS) is 13.7. The van der Waals surface area contributed by atoms with Crippen molar-refractivity contribution in [3.63, 3.8) is 0 Å². The maximum atomic E-state index is 6.11. The summed E-state index contributed by atoms with van der Waals surface area (Å²) in [5.74, 6) is 0.728. The van der Waals surface area contributed by atoms with Crippen LogP contribution in [0.3, 0.4) is 0 Å². The van der Waals surface area contributed by atoms with Crippen LogP contribution in [0.15, 0.2) is 24.3 Å². The van der Waals surface area contributed by atoms with Crippen molar-refractivity contribution in [2.24, 2.45) is 5.92 Å². The number of rotatable bonds is 8. The summed E-state index contributed by atoms with van der Waals surface area (Å²) in [5.41, 5.74) is 1.22. The van der Waals surface area contributed by atoms with E-state index in [1.807, 2.05) is 18.2 Å². The molecule has 0 aromatic heterocycles. The molecule has 1 rings (SSSR count). The van der Waals surface area contributed by atoms with Gasteiger partial charge in [0.05, 0.1) is 6.10 Å². The molecule has 0 heterocycles. The molecular formula is C18H30ClNO. The summed E-state index contributed by atoms with van der Waals surface area (Å²) < 4.78 is 6.11. The van der Waals surface area contributed by atoms with Crippen molar-refractivity contribution >= 4 is 11.6 Å². The van der Waals surface area contributed by atoms with Gasteiger partial charge in [-0.25, -0.2) is 0 Å². The molecule has 1 atom stereocenters. The van der Waals surface area contributed by atoms with Crippen molar-refractivity contribution < 1.29 is 4.74 Å². The summed E-state index contributed by atoms with van der Waals surface area (Å²) in [6.07, 6.45) is 2.36. The standard InChI is InChI=1S/C18H30ClNO/c1-14(2)8-7-11-21-17(13-20-18(3,4)5)15-9-6-10-16(19)12-15/h6,9-10,12,14,17,20H,7-8,11,13H2,1-5H3. The first-order valence-electron chi connectivity index (χ1n) is 7.90. The van der Waals surface area contributed by atoms with E-state index in [2.05, 4.69) is 46.0 Å². The van der Waals surface area contributed by atoms with Crippen molar-refractivity contribution in [3.8, 4) is 0 Å². The molecule has 0 aliphatic heterocycles. The van der Waals surface area contributed by atoms with Gasteiger partial charge in [-0.1, -0.05) is 37.6 Å². The smallest absolute Gasteiger partial charge is 0.0949 e. The van der Waals surface area contributed by atoms with Gasteiger partial charge < -0.3 is 10.1 Å². The zero-order valence-electron chi connectivity index (χ0n) is 14.1. The highest BCUT2D eigenvalue weighted by molar-refractivity contribution is 6.30. The predicted octanol–water partition coefficient (Wildman–Crippen LogP) is 5.22. The summed E-state index contributed by atoms with van der Waals surface area (Å²) in [7, 11) is 0. The Morgan fingerprint density at radius 1 is 1.24 bits per heavy atom. The number of halogens is 1. The maximum absolute atomic E-state index is 6.11. The number of nitrogens with one attached hydrogen (secondary N) is 1. The SMILES string of the molecule is CC(C)CCCOC(CNC(C)(C)C)c1cccc(Cl)c1. The average Bonchev–Trinajstić information content (AvgIpc) is 2.36. The van der Waals surface area contributed by atoms with Crippen LogP contribution in [-0.4, -0.2) is 18.7 Å². The molecule has 0 aliphatic carbocycles. The van der Waals surface area contributed by atoms with E-state index in [4.69, 9.17) is 16.3 Å². The number of ether oxygens (including phenoxy) is 1. The van der Waals surface area contributed by atoms with Crippen LogP contribution in [0.1, 0.15) is 59.1 Å². The van der Waals surface area contributed by atoms with Crippen molar-refractivity contribution in [3.05, 3.63) is 34.9 Å². The van der Waals surface area contributed by atoms with Crippen LogP contribution >= 0.6 is 11.6 Å². The second-order valence-electron chi connectivity index (χ2n) is 7.08. The molecule has 0 saturated carbocycles. The van der Waals surface area contributed by atoms with E-state index >= 15 is 0 Å². The lowest BCUT2D eigenvalue weighted by Crippen LogP contribution is -2.39. The van der Waals surface area contributed by atoms with Gasteiger partial charge >= 0.3 is 0 Å². The predicted molar refractivity (Wildman–Crippen MR) is 92.0 cm³/mol. The Labute approximate surface area is 135 Å². The van der Waals surface area contributed by atoms with Gasteiger partial charge in [0, 0.05) is 23.7 Å². The number of benzene rings is 1. The molecule has 21 heavy (non-hydrogen) atoms. The van der Waals surface area contributed by atoms with E-state index in [1.165, 1.54) is 6.42 Å². The monoisotopic (exact) mass is 311 g/mol.